The van der Waals surface area contributed by atoms with Crippen molar-refractivity contribution in [3.8, 4) is 0 Å². The van der Waals surface area contributed by atoms with Gasteiger partial charge in [-0.1, -0.05) is 0 Å². The second-order valence-electron chi connectivity index (χ2n) is 0.652. The van der Waals surface area contributed by atoms with E-state index in [-0.39, 0.29) is 0 Å². The van der Waals surface area contributed by atoms with Crippen LogP contribution in [0, 0.1) is 0 Å². The van der Waals surface area contributed by atoms with E-state index < -0.39 is 15.2 Å². The molecule has 0 atom stereocenters. The van der Waals surface area contributed by atoms with Crippen molar-refractivity contribution in [2.45, 2.75) is 0 Å². The van der Waals surface area contributed by atoms with E-state index in [2.05, 4.69) is 0 Å². The van der Waals surface area contributed by atoms with Crippen LogP contribution in [0.1, 0.15) is 0 Å². The topological polar surface area (TPSA) is 51.2 Å². The van der Waals surface area contributed by atoms with Gasteiger partial charge in [0.2, 0.25) is 0 Å². The van der Waals surface area contributed by atoms with Crippen molar-refractivity contribution in [2.75, 3.05) is 0 Å². The molecule has 0 aromatic heterocycles. The first-order valence-electron chi connectivity index (χ1n) is 0.841. The van der Waals surface area contributed by atoms with Crippen molar-refractivity contribution < 1.29 is 25.6 Å². The monoisotopic (exact) mass is 248 g/mol. The third-order valence-electron chi connectivity index (χ3n) is 0. The van der Waals surface area contributed by atoms with Crippen molar-refractivity contribution in [1.82, 2.24) is 0 Å². The maximum atomic E-state index is 9.19. The molecule has 0 fully saturated rings. The van der Waals surface area contributed by atoms with Crippen LogP contribution in [0.15, 0.2) is 0 Å². The molecule has 0 radical (unpaired) electrons. The van der Waals surface area contributed by atoms with Crippen molar-refractivity contribution in [3.05, 3.63) is 0 Å². The van der Waals surface area contributed by atoms with E-state index in [1.165, 1.54) is 0 Å². The molecule has 0 unspecified atom stereocenters. The number of hydrogen-bond acceptors (Lipinski definition) is 3. The van der Waals surface area contributed by atoms with Gasteiger partial charge in [-0.25, -0.2) is 0 Å². The molecule has 0 aliphatic carbocycles. The van der Waals surface area contributed by atoms with Gasteiger partial charge in [0.05, 0.1) is 0 Å². The summed E-state index contributed by atoms with van der Waals surface area (Å²) in [5, 5.41) is 0. The molecule has 0 saturated heterocycles. The first-order chi connectivity index (χ1) is 2.00. The fourth-order valence-electron chi connectivity index (χ4n) is 0. The van der Waals surface area contributed by atoms with E-state index in [1.54, 1.807) is 0 Å². The van der Waals surface area contributed by atoms with Gasteiger partial charge in [-0.15, -0.1) is 0 Å². The quantitative estimate of drug-likeness (QED) is 0.501. The molecule has 0 aromatic rings. The Morgan fingerprint density at radius 1 is 1.20 bits per heavy atom. The molecule has 0 spiro atoms. The summed E-state index contributed by atoms with van der Waals surface area (Å²) in [6.07, 6.45) is 0.722. The molecule has 5 heavy (non-hydrogen) atoms. The third kappa shape index (κ3) is 1150. The van der Waals surface area contributed by atoms with Gasteiger partial charge in [0.25, 0.3) is 0 Å². The predicted octanol–water partition coefficient (Wildman–Crippen LogP) is -1.28. The average Bonchev–Trinajstić information content (AvgIpc) is 0.722. The van der Waals surface area contributed by atoms with E-state index in [1.807, 2.05) is 0 Å². The molecule has 0 aliphatic rings. The van der Waals surface area contributed by atoms with Crippen molar-refractivity contribution >= 4 is 6.20 Å². The summed E-state index contributed by atoms with van der Waals surface area (Å²) in [4.78, 5) is 0. The summed E-state index contributed by atoms with van der Waals surface area (Å²) >= 11 is -4.86. The summed E-state index contributed by atoms with van der Waals surface area (Å²) in [6, 6.07) is 0. The standard InChI is InChI=1S/BH2.3O.Re/h1H2;;;;/q+1;;;;-1. The van der Waals surface area contributed by atoms with Crippen LogP contribution >= 0.6 is 0 Å². The van der Waals surface area contributed by atoms with Gasteiger partial charge < -0.3 is 0 Å². The number of rotatable bonds is 0. The molecular weight excluding hydrogens is 245 g/mol. The summed E-state index contributed by atoms with van der Waals surface area (Å²) in [5.41, 5.74) is 0. The summed E-state index contributed by atoms with van der Waals surface area (Å²) in [6.45, 7) is 0. The molecule has 30 valence electrons. The van der Waals surface area contributed by atoms with Gasteiger partial charge >= 0.3 is 31.8 Å². The zero-order valence-electron chi connectivity index (χ0n) is 2.60. The fraction of sp³-hybridized carbons (Fsp3) is 0. The molecule has 3 nitrogen and oxygen atoms in total. The van der Waals surface area contributed by atoms with E-state index in [0.717, 1.165) is 6.20 Å². The Hall–Kier alpha value is 0.127. The van der Waals surface area contributed by atoms with Crippen molar-refractivity contribution in [2.24, 2.45) is 0 Å². The predicted molar refractivity (Wildman–Crippen MR) is 10.6 cm³/mol. The summed E-state index contributed by atoms with van der Waals surface area (Å²) in [5.74, 6) is 0. The van der Waals surface area contributed by atoms with E-state index in [0.29, 0.717) is 0 Å². The first-order valence-corrected chi connectivity index (χ1v) is 6.88. The molecule has 0 saturated carbocycles. The van der Waals surface area contributed by atoms with Gasteiger partial charge in [-0.3, -0.25) is 0 Å². The van der Waals surface area contributed by atoms with Gasteiger partial charge in [-0.2, -0.15) is 0 Å². The maximum absolute atomic E-state index is 9.19. The average molecular weight is 247 g/mol. The Balaban J connectivity index is 4.87. The van der Waals surface area contributed by atoms with E-state index in [4.69, 9.17) is 0 Å². The Labute approximate surface area is 32.5 Å². The molecule has 0 rings (SSSR count). The van der Waals surface area contributed by atoms with Gasteiger partial charge in [-0.05, 0) is 0 Å². The molecular formula is H2BO3Re. The molecule has 0 heterocycles. The van der Waals surface area contributed by atoms with E-state index >= 15 is 0 Å². The third-order valence-corrected chi connectivity index (χ3v) is 0. The van der Waals surface area contributed by atoms with E-state index in [9.17, 15) is 10.4 Å². The van der Waals surface area contributed by atoms with Gasteiger partial charge in [0, 0.05) is 0 Å². The Morgan fingerprint density at radius 3 is 1.20 bits per heavy atom. The number of hydrogen-bond donors (Lipinski definition) is 0. The molecule has 5 heteroatoms. The van der Waals surface area contributed by atoms with Crippen LogP contribution in [-0.2, 0) is 25.6 Å². The zero-order valence-corrected chi connectivity index (χ0v) is 5.32. The molecule has 0 bridgehead atoms. The second-order valence-corrected chi connectivity index (χ2v) is 5.34. The second kappa shape index (κ2) is 1.08. The Bertz CT molecular complexity index is 128. The van der Waals surface area contributed by atoms with Crippen LogP contribution in [0.2, 0.25) is 0 Å². The Kier molecular flexibility index (Phi) is 1.10. The van der Waals surface area contributed by atoms with Crippen LogP contribution < -0.4 is 0 Å². The zero-order chi connectivity index (χ0) is 4.50. The summed E-state index contributed by atoms with van der Waals surface area (Å²) < 4.78 is 27.6. The van der Waals surface area contributed by atoms with Gasteiger partial charge in [0.1, 0.15) is 0 Å². The molecule has 0 aromatic carbocycles. The molecule has 0 amide bonds. The SMILES string of the molecule is [BH2][Re](=[O])(=[O])=[O]. The summed E-state index contributed by atoms with van der Waals surface area (Å²) in [7, 11) is 0. The minimum absolute atomic E-state index is 0.722. The van der Waals surface area contributed by atoms with Crippen molar-refractivity contribution in [3.63, 3.8) is 0 Å². The Morgan fingerprint density at radius 2 is 1.20 bits per heavy atom. The first kappa shape index (κ1) is 5.13. The molecule has 0 aliphatic heterocycles. The van der Waals surface area contributed by atoms with Crippen LogP contribution in [-0.4, -0.2) is 6.20 Å². The van der Waals surface area contributed by atoms with Gasteiger partial charge in [0.15, 0.2) is 0 Å². The van der Waals surface area contributed by atoms with Crippen molar-refractivity contribution in [1.29, 1.82) is 0 Å². The fourth-order valence-corrected chi connectivity index (χ4v) is 0. The van der Waals surface area contributed by atoms with Crippen LogP contribution in [0.5, 0.6) is 0 Å². The van der Waals surface area contributed by atoms with Crippen LogP contribution in [0.3, 0.4) is 0 Å². The molecule has 0 N–H and O–H groups in total. The minimum atomic E-state index is -4.86. The van der Waals surface area contributed by atoms with Crippen LogP contribution in [0.25, 0.3) is 0 Å². The van der Waals surface area contributed by atoms with Crippen LogP contribution in [0.4, 0.5) is 0 Å². The normalized spacial score (nSPS) is 11.2.